The van der Waals surface area contributed by atoms with Gasteiger partial charge in [-0.25, -0.2) is 9.98 Å². The Morgan fingerprint density at radius 2 is 1.15 bits per heavy atom. The maximum absolute atomic E-state index is 5.24. The van der Waals surface area contributed by atoms with E-state index in [1.807, 2.05) is 12.1 Å². The molecule has 1 N–H and O–H groups in total. The molecule has 8 aromatic carbocycles. The van der Waals surface area contributed by atoms with E-state index in [1.54, 1.807) is 0 Å². The van der Waals surface area contributed by atoms with Gasteiger partial charge in [-0.3, -0.25) is 0 Å². The molecular formula is C50H36N4. The van der Waals surface area contributed by atoms with Crippen LogP contribution in [0.3, 0.4) is 0 Å². The predicted octanol–water partition coefficient (Wildman–Crippen LogP) is 11.9. The van der Waals surface area contributed by atoms with E-state index in [0.29, 0.717) is 0 Å². The molecule has 1 aliphatic carbocycles. The van der Waals surface area contributed by atoms with Crippen molar-refractivity contribution in [3.63, 3.8) is 0 Å². The summed E-state index contributed by atoms with van der Waals surface area (Å²) in [6, 6.07) is 61.2. The fraction of sp³-hybridized carbons (Fsp3) is 0.0800. The molecule has 0 radical (unpaired) electrons. The summed E-state index contributed by atoms with van der Waals surface area (Å²) in [5.41, 5.74) is 11.7. The number of nitrogens with zero attached hydrogens (tertiary/aromatic N) is 3. The lowest BCUT2D eigenvalue weighted by molar-refractivity contribution is 0.661. The SMILES string of the molecule is CC1(C)c2cc(C3N=C(c4ccccc4)NC(c4ccccc4)=N3)ccc2-c2c(-n3c4ccccc4c4c5ccccc5ccc43)cc3ccccc3c21. The molecule has 1 aromatic heterocycles. The molecule has 9 aromatic rings. The first kappa shape index (κ1) is 30.8. The van der Waals surface area contributed by atoms with Gasteiger partial charge in [0, 0.05) is 32.9 Å². The van der Waals surface area contributed by atoms with Gasteiger partial charge in [0.2, 0.25) is 0 Å². The van der Waals surface area contributed by atoms with Gasteiger partial charge in [0.1, 0.15) is 11.7 Å². The average Bonchev–Trinajstić information content (AvgIpc) is 3.70. The number of hydrogen-bond donors (Lipinski definition) is 1. The number of amidine groups is 2. The number of hydrogen-bond acceptors (Lipinski definition) is 3. The molecule has 0 saturated carbocycles. The van der Waals surface area contributed by atoms with E-state index in [0.717, 1.165) is 28.4 Å². The van der Waals surface area contributed by atoms with Gasteiger partial charge in [0.25, 0.3) is 0 Å². The van der Waals surface area contributed by atoms with Crippen molar-refractivity contribution in [1.82, 2.24) is 9.88 Å². The van der Waals surface area contributed by atoms with Crippen LogP contribution in [0.1, 0.15) is 47.8 Å². The molecule has 0 spiro atoms. The van der Waals surface area contributed by atoms with Crippen molar-refractivity contribution in [2.75, 3.05) is 0 Å². The largest absolute Gasteiger partial charge is 0.324 e. The summed E-state index contributed by atoms with van der Waals surface area (Å²) in [6.45, 7) is 4.77. The lowest BCUT2D eigenvalue weighted by atomic mass is 9.79. The van der Waals surface area contributed by atoms with Crippen LogP contribution in [-0.2, 0) is 5.41 Å². The van der Waals surface area contributed by atoms with Crippen molar-refractivity contribution in [3.05, 3.63) is 198 Å². The molecule has 4 heteroatoms. The van der Waals surface area contributed by atoms with E-state index < -0.39 is 6.17 Å². The molecule has 4 nitrogen and oxygen atoms in total. The van der Waals surface area contributed by atoms with Crippen molar-refractivity contribution < 1.29 is 0 Å². The molecule has 0 fully saturated rings. The van der Waals surface area contributed by atoms with Crippen LogP contribution in [0.15, 0.2) is 180 Å². The molecule has 2 aliphatic rings. The minimum atomic E-state index is -0.400. The van der Waals surface area contributed by atoms with Crippen molar-refractivity contribution >= 4 is 55.0 Å². The Balaban J connectivity index is 1.16. The van der Waals surface area contributed by atoms with Gasteiger partial charge in [-0.2, -0.15) is 0 Å². The molecule has 0 unspecified atom stereocenters. The fourth-order valence-corrected chi connectivity index (χ4v) is 9.11. The van der Waals surface area contributed by atoms with Crippen LogP contribution in [0, 0.1) is 0 Å². The molecule has 0 saturated heterocycles. The highest BCUT2D eigenvalue weighted by Gasteiger charge is 2.40. The standard InChI is InChI=1S/C50H36N4/c1-50(2)40-29-35(49-52-47(32-16-5-3-6-17-32)51-48(53-49)33-18-7-4-8-19-33)25-27-38(40)45-43(30-34-20-10-12-22-37(34)46(45)50)54-41-24-14-13-23-39(41)44-36-21-11-9-15-31(36)26-28-42(44)54/h3-30,49H,1-2H3,(H,51,52,53). The van der Waals surface area contributed by atoms with E-state index in [-0.39, 0.29) is 5.41 Å². The van der Waals surface area contributed by atoms with Crippen molar-refractivity contribution in [2.24, 2.45) is 9.98 Å². The van der Waals surface area contributed by atoms with E-state index >= 15 is 0 Å². The van der Waals surface area contributed by atoms with Gasteiger partial charge in [-0.1, -0.05) is 166 Å². The molecule has 0 atom stereocenters. The third-order valence-electron chi connectivity index (χ3n) is 11.6. The van der Waals surface area contributed by atoms with Gasteiger partial charge in [0.05, 0.1) is 16.7 Å². The highest BCUT2D eigenvalue weighted by atomic mass is 15.2. The summed E-state index contributed by atoms with van der Waals surface area (Å²) >= 11 is 0. The first-order chi connectivity index (χ1) is 26.5. The number of para-hydroxylation sites is 1. The summed E-state index contributed by atoms with van der Waals surface area (Å²) < 4.78 is 2.52. The first-order valence-electron chi connectivity index (χ1n) is 18.7. The Labute approximate surface area is 313 Å². The summed E-state index contributed by atoms with van der Waals surface area (Å²) in [6.07, 6.45) is -0.400. The highest BCUT2D eigenvalue weighted by molar-refractivity contribution is 6.22. The number of aliphatic imine (C=N–C) groups is 2. The Hall–Kier alpha value is -6.78. The van der Waals surface area contributed by atoms with Crippen molar-refractivity contribution in [3.8, 4) is 16.8 Å². The van der Waals surface area contributed by atoms with Crippen molar-refractivity contribution in [1.29, 1.82) is 0 Å². The van der Waals surface area contributed by atoms with Crippen LogP contribution < -0.4 is 5.32 Å². The lowest BCUT2D eigenvalue weighted by Gasteiger charge is -2.26. The Morgan fingerprint density at radius 3 is 1.87 bits per heavy atom. The molecule has 54 heavy (non-hydrogen) atoms. The van der Waals surface area contributed by atoms with Crippen molar-refractivity contribution in [2.45, 2.75) is 25.4 Å². The van der Waals surface area contributed by atoms with E-state index in [4.69, 9.17) is 9.98 Å². The van der Waals surface area contributed by atoms with E-state index in [1.165, 1.54) is 71.3 Å². The Bertz CT molecular complexity index is 2990. The van der Waals surface area contributed by atoms with Crippen LogP contribution in [0.25, 0.3) is 60.2 Å². The van der Waals surface area contributed by atoms with Crippen LogP contribution >= 0.6 is 0 Å². The summed E-state index contributed by atoms with van der Waals surface area (Å²) in [7, 11) is 0. The average molecular weight is 693 g/mol. The lowest BCUT2D eigenvalue weighted by Crippen LogP contribution is -2.36. The quantitative estimate of drug-likeness (QED) is 0.196. The maximum Gasteiger partial charge on any atom is 0.169 e. The number of nitrogens with one attached hydrogen (secondary N) is 1. The molecule has 0 bridgehead atoms. The number of aromatic nitrogens is 1. The third-order valence-corrected chi connectivity index (χ3v) is 11.6. The zero-order valence-electron chi connectivity index (χ0n) is 30.1. The maximum atomic E-state index is 5.24. The first-order valence-corrected chi connectivity index (χ1v) is 18.7. The Kier molecular flexibility index (Phi) is 6.62. The highest BCUT2D eigenvalue weighted by Crippen LogP contribution is 2.55. The van der Waals surface area contributed by atoms with Gasteiger partial charge < -0.3 is 9.88 Å². The van der Waals surface area contributed by atoms with E-state index in [9.17, 15) is 0 Å². The molecule has 11 rings (SSSR count). The minimum absolute atomic E-state index is 0.285. The molecule has 2 heterocycles. The van der Waals surface area contributed by atoms with Crippen LogP contribution in [-0.4, -0.2) is 16.2 Å². The van der Waals surface area contributed by atoms with Crippen LogP contribution in [0.2, 0.25) is 0 Å². The van der Waals surface area contributed by atoms with Crippen LogP contribution in [0.5, 0.6) is 0 Å². The van der Waals surface area contributed by atoms with Gasteiger partial charge in [-0.05, 0) is 62.0 Å². The molecular weight excluding hydrogens is 657 g/mol. The molecule has 256 valence electrons. The summed E-state index contributed by atoms with van der Waals surface area (Å²) in [5, 5.41) is 11.2. The second-order valence-corrected chi connectivity index (χ2v) is 15.0. The second kappa shape index (κ2) is 11.6. The fourth-order valence-electron chi connectivity index (χ4n) is 9.11. The number of benzene rings is 8. The zero-order chi connectivity index (χ0) is 36.0. The van der Waals surface area contributed by atoms with E-state index in [2.05, 4.69) is 181 Å². The second-order valence-electron chi connectivity index (χ2n) is 15.0. The monoisotopic (exact) mass is 692 g/mol. The van der Waals surface area contributed by atoms with Gasteiger partial charge >= 0.3 is 0 Å². The smallest absolute Gasteiger partial charge is 0.169 e. The number of fused-ring (bicyclic) bond motifs is 10. The molecule has 1 aliphatic heterocycles. The Morgan fingerprint density at radius 1 is 0.537 bits per heavy atom. The number of rotatable bonds is 4. The summed E-state index contributed by atoms with van der Waals surface area (Å²) in [5.74, 6) is 1.65. The third kappa shape index (κ3) is 4.50. The summed E-state index contributed by atoms with van der Waals surface area (Å²) in [4.78, 5) is 10.5. The normalized spacial score (nSPS) is 14.9. The van der Waals surface area contributed by atoms with Gasteiger partial charge in [0.15, 0.2) is 6.17 Å². The van der Waals surface area contributed by atoms with Crippen LogP contribution in [0.4, 0.5) is 0 Å². The molecule has 0 amide bonds. The zero-order valence-corrected chi connectivity index (χ0v) is 30.1. The topological polar surface area (TPSA) is 41.7 Å². The van der Waals surface area contributed by atoms with Gasteiger partial charge in [-0.15, -0.1) is 0 Å². The predicted molar refractivity (Wildman–Crippen MR) is 225 cm³/mol. The minimum Gasteiger partial charge on any atom is -0.324 e.